The molecule has 1 nitrogen and oxygen atoms in total. The second-order valence-electron chi connectivity index (χ2n) is 8.84. The highest BCUT2D eigenvalue weighted by atomic mass is 14.6. The van der Waals surface area contributed by atoms with Crippen molar-refractivity contribution in [2.24, 2.45) is 0 Å². The number of rotatable bonds is 2. The highest BCUT2D eigenvalue weighted by molar-refractivity contribution is 6.21. The van der Waals surface area contributed by atoms with Gasteiger partial charge in [-0.3, -0.25) is 4.98 Å². The minimum absolute atomic E-state index is 1.18. The maximum Gasteiger partial charge on any atom is 0.0353 e. The van der Waals surface area contributed by atoms with Gasteiger partial charge in [0.05, 0.1) is 0 Å². The van der Waals surface area contributed by atoms with Crippen LogP contribution in [0.3, 0.4) is 0 Å². The Morgan fingerprint density at radius 1 is 0.382 bits per heavy atom. The van der Waals surface area contributed by atoms with Gasteiger partial charge in [0, 0.05) is 17.8 Å². The third kappa shape index (κ3) is 2.91. The summed E-state index contributed by atoms with van der Waals surface area (Å²) < 4.78 is 0. The highest BCUT2D eigenvalue weighted by Crippen LogP contribution is 2.44. The first-order valence-corrected chi connectivity index (χ1v) is 11.6. The van der Waals surface area contributed by atoms with E-state index in [2.05, 4.69) is 120 Å². The fourth-order valence-electron chi connectivity index (χ4n) is 5.33. The van der Waals surface area contributed by atoms with Crippen LogP contribution in [0.5, 0.6) is 0 Å². The lowest BCUT2D eigenvalue weighted by Crippen LogP contribution is -1.91. The SMILES string of the molecule is c1ccc2cc(-c3c4ccccc4c(-c4ccc5ccccc5c4)c4cnccc34)ccc2c1. The van der Waals surface area contributed by atoms with Crippen LogP contribution in [0.2, 0.25) is 0 Å². The van der Waals surface area contributed by atoms with Gasteiger partial charge in [0.1, 0.15) is 0 Å². The molecule has 7 aromatic rings. The highest BCUT2D eigenvalue weighted by Gasteiger charge is 2.17. The van der Waals surface area contributed by atoms with Gasteiger partial charge in [0.25, 0.3) is 0 Å². The molecule has 158 valence electrons. The minimum Gasteiger partial charge on any atom is -0.264 e. The second-order valence-corrected chi connectivity index (χ2v) is 8.84. The van der Waals surface area contributed by atoms with E-state index in [0.29, 0.717) is 0 Å². The maximum atomic E-state index is 4.55. The average Bonchev–Trinajstić information content (AvgIpc) is 2.91. The molecule has 0 fully saturated rings. The van der Waals surface area contributed by atoms with E-state index in [4.69, 9.17) is 0 Å². The van der Waals surface area contributed by atoms with Gasteiger partial charge in [-0.05, 0) is 78.2 Å². The maximum absolute atomic E-state index is 4.55. The summed E-state index contributed by atoms with van der Waals surface area (Å²) in [6.45, 7) is 0. The van der Waals surface area contributed by atoms with Crippen molar-refractivity contribution in [1.29, 1.82) is 0 Å². The Labute approximate surface area is 197 Å². The zero-order valence-corrected chi connectivity index (χ0v) is 18.6. The Hall–Kier alpha value is -4.49. The summed E-state index contributed by atoms with van der Waals surface area (Å²) in [5.74, 6) is 0. The molecule has 1 aromatic heterocycles. The zero-order valence-electron chi connectivity index (χ0n) is 18.6. The van der Waals surface area contributed by atoms with Gasteiger partial charge >= 0.3 is 0 Å². The van der Waals surface area contributed by atoms with Crippen LogP contribution < -0.4 is 0 Å². The molecular weight excluding hydrogens is 410 g/mol. The Morgan fingerprint density at radius 3 is 1.44 bits per heavy atom. The molecular formula is C33H21N. The lowest BCUT2D eigenvalue weighted by Gasteiger charge is -2.18. The summed E-state index contributed by atoms with van der Waals surface area (Å²) in [4.78, 5) is 4.55. The molecule has 0 atom stereocenters. The van der Waals surface area contributed by atoms with Crippen LogP contribution in [0.4, 0.5) is 0 Å². The third-order valence-electron chi connectivity index (χ3n) is 6.90. The predicted molar refractivity (Wildman–Crippen MR) is 145 cm³/mol. The molecule has 0 bridgehead atoms. The van der Waals surface area contributed by atoms with E-state index in [1.807, 2.05) is 12.4 Å². The molecule has 7 rings (SSSR count). The molecule has 1 heteroatoms. The molecule has 0 N–H and O–H groups in total. The Balaban J connectivity index is 1.61. The van der Waals surface area contributed by atoms with Crippen molar-refractivity contribution in [1.82, 2.24) is 4.98 Å². The first-order valence-electron chi connectivity index (χ1n) is 11.6. The summed E-state index contributed by atoms with van der Waals surface area (Å²) >= 11 is 0. The summed E-state index contributed by atoms with van der Waals surface area (Å²) in [6, 6.07) is 41.6. The number of pyridine rings is 1. The molecule has 1 heterocycles. The van der Waals surface area contributed by atoms with Crippen LogP contribution >= 0.6 is 0 Å². The van der Waals surface area contributed by atoms with Crippen molar-refractivity contribution in [3.8, 4) is 22.3 Å². The molecule has 0 aliphatic rings. The van der Waals surface area contributed by atoms with Crippen LogP contribution in [0.1, 0.15) is 0 Å². The number of aromatic nitrogens is 1. The molecule has 6 aromatic carbocycles. The molecule has 0 spiro atoms. The summed E-state index contributed by atoms with van der Waals surface area (Å²) in [6.07, 6.45) is 3.93. The standard InChI is InChI=1S/C33H21N/c1-3-9-24-19-26(15-13-22(24)7-1)32-28-11-5-6-12-29(28)33(31-21-34-18-17-30(31)32)27-16-14-23-8-2-4-10-25(23)20-27/h1-21H. The molecule has 0 amide bonds. The molecule has 0 aliphatic heterocycles. The monoisotopic (exact) mass is 431 g/mol. The largest absolute Gasteiger partial charge is 0.264 e. The third-order valence-corrected chi connectivity index (χ3v) is 6.90. The number of hydrogen-bond acceptors (Lipinski definition) is 1. The van der Waals surface area contributed by atoms with E-state index in [1.54, 1.807) is 0 Å². The van der Waals surface area contributed by atoms with Crippen LogP contribution in [0.25, 0.3) is 65.3 Å². The lowest BCUT2D eigenvalue weighted by molar-refractivity contribution is 1.37. The van der Waals surface area contributed by atoms with Crippen LogP contribution in [0.15, 0.2) is 128 Å². The fourth-order valence-corrected chi connectivity index (χ4v) is 5.33. The molecule has 0 aliphatic carbocycles. The summed E-state index contributed by atoms with van der Waals surface area (Å²) in [5.41, 5.74) is 4.96. The quantitative estimate of drug-likeness (QED) is 0.249. The van der Waals surface area contributed by atoms with E-state index in [1.165, 1.54) is 65.3 Å². The topological polar surface area (TPSA) is 12.9 Å². The predicted octanol–water partition coefficient (Wildman–Crippen LogP) is 9.03. The van der Waals surface area contributed by atoms with Crippen LogP contribution in [-0.4, -0.2) is 4.98 Å². The van der Waals surface area contributed by atoms with Crippen molar-refractivity contribution in [3.63, 3.8) is 0 Å². The Bertz CT molecular complexity index is 1670. The normalized spacial score (nSPS) is 11.5. The smallest absolute Gasteiger partial charge is 0.0353 e. The number of nitrogens with zero attached hydrogens (tertiary/aromatic N) is 1. The molecule has 0 saturated carbocycles. The first-order chi connectivity index (χ1) is 16.9. The first kappa shape index (κ1) is 19.0. The Morgan fingerprint density at radius 2 is 0.853 bits per heavy atom. The van der Waals surface area contributed by atoms with Gasteiger partial charge in [-0.2, -0.15) is 0 Å². The van der Waals surface area contributed by atoms with Crippen molar-refractivity contribution in [3.05, 3.63) is 128 Å². The van der Waals surface area contributed by atoms with Crippen molar-refractivity contribution < 1.29 is 0 Å². The van der Waals surface area contributed by atoms with Gasteiger partial charge < -0.3 is 0 Å². The van der Waals surface area contributed by atoms with Gasteiger partial charge in [0.15, 0.2) is 0 Å². The van der Waals surface area contributed by atoms with Gasteiger partial charge in [-0.15, -0.1) is 0 Å². The second kappa shape index (κ2) is 7.54. The molecule has 34 heavy (non-hydrogen) atoms. The molecule has 0 saturated heterocycles. The van der Waals surface area contributed by atoms with Gasteiger partial charge in [-0.25, -0.2) is 0 Å². The number of fused-ring (bicyclic) bond motifs is 4. The van der Waals surface area contributed by atoms with Gasteiger partial charge in [0.2, 0.25) is 0 Å². The average molecular weight is 432 g/mol. The van der Waals surface area contributed by atoms with Crippen molar-refractivity contribution >= 4 is 43.1 Å². The number of hydrogen-bond donors (Lipinski definition) is 0. The minimum atomic E-state index is 1.18. The van der Waals surface area contributed by atoms with E-state index in [9.17, 15) is 0 Å². The molecule has 0 unspecified atom stereocenters. The Kier molecular flexibility index (Phi) is 4.22. The van der Waals surface area contributed by atoms with Gasteiger partial charge in [-0.1, -0.05) is 97.1 Å². The summed E-state index contributed by atoms with van der Waals surface area (Å²) in [7, 11) is 0. The lowest BCUT2D eigenvalue weighted by atomic mass is 9.86. The van der Waals surface area contributed by atoms with E-state index in [-0.39, 0.29) is 0 Å². The van der Waals surface area contributed by atoms with Crippen LogP contribution in [-0.2, 0) is 0 Å². The van der Waals surface area contributed by atoms with Crippen molar-refractivity contribution in [2.45, 2.75) is 0 Å². The van der Waals surface area contributed by atoms with E-state index < -0.39 is 0 Å². The molecule has 0 radical (unpaired) electrons. The number of benzene rings is 6. The van der Waals surface area contributed by atoms with Crippen LogP contribution in [0, 0.1) is 0 Å². The zero-order chi connectivity index (χ0) is 22.5. The van der Waals surface area contributed by atoms with E-state index >= 15 is 0 Å². The summed E-state index contributed by atoms with van der Waals surface area (Å²) in [5, 5.41) is 9.94. The fraction of sp³-hybridized carbons (Fsp3) is 0. The van der Waals surface area contributed by atoms with Crippen molar-refractivity contribution in [2.75, 3.05) is 0 Å². The van der Waals surface area contributed by atoms with E-state index in [0.717, 1.165) is 0 Å².